The molecule has 0 aromatic rings. The van der Waals surface area contributed by atoms with Gasteiger partial charge in [-0.2, -0.15) is 0 Å². The molecule has 0 radical (unpaired) electrons. The Hall–Kier alpha value is -1.36. The Morgan fingerprint density at radius 1 is 1.14 bits per heavy atom. The van der Waals surface area contributed by atoms with E-state index in [4.69, 9.17) is 9.47 Å². The van der Waals surface area contributed by atoms with Gasteiger partial charge in [-0.1, -0.05) is 11.1 Å². The van der Waals surface area contributed by atoms with E-state index in [0.717, 1.165) is 12.1 Å². The van der Waals surface area contributed by atoms with Crippen molar-refractivity contribution in [1.82, 2.24) is 4.90 Å². The zero-order chi connectivity index (χ0) is 17.1. The second-order valence-corrected chi connectivity index (χ2v) is 6.69. The number of hydrogen-bond donors (Lipinski definition) is 0. The van der Waals surface area contributed by atoms with Crippen molar-refractivity contribution in [3.63, 3.8) is 0 Å². The van der Waals surface area contributed by atoms with Gasteiger partial charge in [-0.05, 0) is 48.5 Å². The lowest BCUT2D eigenvalue weighted by atomic mass is 9.90. The van der Waals surface area contributed by atoms with Crippen LogP contribution in [0.3, 0.4) is 0 Å². The molecule has 126 valence electrons. The van der Waals surface area contributed by atoms with Gasteiger partial charge >= 0.3 is 11.9 Å². The molecule has 0 fully saturated rings. The highest BCUT2D eigenvalue weighted by Crippen LogP contribution is 2.35. The van der Waals surface area contributed by atoms with Crippen LogP contribution in [0.15, 0.2) is 11.1 Å². The predicted molar refractivity (Wildman–Crippen MR) is 85.4 cm³/mol. The second-order valence-electron chi connectivity index (χ2n) is 6.69. The van der Waals surface area contributed by atoms with Crippen molar-refractivity contribution in [3.05, 3.63) is 11.1 Å². The zero-order valence-electron chi connectivity index (χ0n) is 14.9. The molecule has 0 aromatic heterocycles. The van der Waals surface area contributed by atoms with Gasteiger partial charge in [-0.25, -0.2) is 0 Å². The third-order valence-electron chi connectivity index (χ3n) is 4.12. The summed E-state index contributed by atoms with van der Waals surface area (Å²) in [5.74, 6) is -1.94. The first kappa shape index (κ1) is 18.7. The van der Waals surface area contributed by atoms with E-state index in [1.807, 2.05) is 13.8 Å². The fourth-order valence-electron chi connectivity index (χ4n) is 2.87. The molecule has 1 aliphatic heterocycles. The summed E-state index contributed by atoms with van der Waals surface area (Å²) in [5.41, 5.74) is 2.08. The van der Waals surface area contributed by atoms with Gasteiger partial charge in [0.2, 0.25) is 0 Å². The Kier molecular flexibility index (Phi) is 6.17. The van der Waals surface area contributed by atoms with Gasteiger partial charge in [0, 0.05) is 12.1 Å². The summed E-state index contributed by atoms with van der Waals surface area (Å²) in [6, 6.07) is -0.307. The van der Waals surface area contributed by atoms with Gasteiger partial charge in [0.25, 0.3) is 0 Å². The first-order valence-corrected chi connectivity index (χ1v) is 7.91. The van der Waals surface area contributed by atoms with Crippen molar-refractivity contribution >= 4 is 11.9 Å². The van der Waals surface area contributed by atoms with E-state index in [1.165, 1.54) is 5.57 Å². The molecule has 0 saturated heterocycles. The highest BCUT2D eigenvalue weighted by molar-refractivity contribution is 5.96. The number of esters is 2. The van der Waals surface area contributed by atoms with Crippen LogP contribution in [0.4, 0.5) is 0 Å². The Labute approximate surface area is 133 Å². The van der Waals surface area contributed by atoms with E-state index in [9.17, 15) is 9.59 Å². The summed E-state index contributed by atoms with van der Waals surface area (Å²) in [7, 11) is 0. The quantitative estimate of drug-likeness (QED) is 0.444. The lowest BCUT2D eigenvalue weighted by Crippen LogP contribution is -2.53. The standard InChI is InChI=1S/C17H29NO4/c1-8-21-15(19)13(16(20)22-9-2)14-12(4)11(3)10-18(14)17(5,6)7/h13-14H,8-10H2,1-7H3. The molecule has 1 unspecified atom stereocenters. The average molecular weight is 311 g/mol. The SMILES string of the molecule is CCOC(=O)C(C(=O)OCC)C1C(C)=C(C)CN1C(C)(C)C. The molecule has 5 heteroatoms. The zero-order valence-corrected chi connectivity index (χ0v) is 14.9. The summed E-state index contributed by atoms with van der Waals surface area (Å²) in [5, 5.41) is 0. The van der Waals surface area contributed by atoms with E-state index < -0.39 is 17.9 Å². The molecule has 0 bridgehead atoms. The van der Waals surface area contributed by atoms with Crippen LogP contribution in [0.5, 0.6) is 0 Å². The summed E-state index contributed by atoms with van der Waals surface area (Å²) < 4.78 is 10.3. The van der Waals surface area contributed by atoms with Crippen LogP contribution in [0.1, 0.15) is 48.5 Å². The van der Waals surface area contributed by atoms with E-state index in [2.05, 4.69) is 25.7 Å². The molecule has 1 rings (SSSR count). The maximum atomic E-state index is 12.4. The van der Waals surface area contributed by atoms with E-state index in [1.54, 1.807) is 13.8 Å². The highest BCUT2D eigenvalue weighted by atomic mass is 16.6. The van der Waals surface area contributed by atoms with Crippen molar-refractivity contribution < 1.29 is 19.1 Å². The molecule has 22 heavy (non-hydrogen) atoms. The Balaban J connectivity index is 3.24. The van der Waals surface area contributed by atoms with Crippen molar-refractivity contribution in [1.29, 1.82) is 0 Å². The minimum absolute atomic E-state index is 0.166. The van der Waals surface area contributed by atoms with Crippen LogP contribution < -0.4 is 0 Å². The molecule has 5 nitrogen and oxygen atoms in total. The van der Waals surface area contributed by atoms with Gasteiger partial charge in [-0.15, -0.1) is 0 Å². The molecular weight excluding hydrogens is 282 g/mol. The molecule has 1 aliphatic rings. The predicted octanol–water partition coefficient (Wildman–Crippen LogP) is 2.55. The molecule has 0 aromatic carbocycles. The van der Waals surface area contributed by atoms with Crippen molar-refractivity contribution in [3.8, 4) is 0 Å². The van der Waals surface area contributed by atoms with Gasteiger partial charge in [0.05, 0.1) is 19.3 Å². The van der Waals surface area contributed by atoms with Crippen molar-refractivity contribution in [2.75, 3.05) is 19.8 Å². The van der Waals surface area contributed by atoms with Crippen LogP contribution in [-0.4, -0.2) is 48.2 Å². The van der Waals surface area contributed by atoms with E-state index in [0.29, 0.717) is 0 Å². The lowest BCUT2D eigenvalue weighted by Gasteiger charge is -2.40. The van der Waals surface area contributed by atoms with Crippen LogP contribution in [0.2, 0.25) is 0 Å². The monoisotopic (exact) mass is 311 g/mol. The number of hydrogen-bond acceptors (Lipinski definition) is 5. The average Bonchev–Trinajstić information content (AvgIpc) is 2.68. The second kappa shape index (κ2) is 7.27. The molecule has 0 amide bonds. The first-order chi connectivity index (χ1) is 10.1. The highest BCUT2D eigenvalue weighted by Gasteiger charge is 2.47. The number of ether oxygens (including phenoxy) is 2. The number of rotatable bonds is 5. The fraction of sp³-hybridized carbons (Fsp3) is 0.765. The maximum absolute atomic E-state index is 12.4. The van der Waals surface area contributed by atoms with Crippen LogP contribution in [-0.2, 0) is 19.1 Å². The van der Waals surface area contributed by atoms with Crippen LogP contribution in [0.25, 0.3) is 0 Å². The van der Waals surface area contributed by atoms with Gasteiger partial charge in [0.15, 0.2) is 5.92 Å². The van der Waals surface area contributed by atoms with Crippen molar-refractivity contribution in [2.24, 2.45) is 5.92 Å². The smallest absolute Gasteiger partial charge is 0.322 e. The summed E-state index contributed by atoms with van der Waals surface area (Å²) in [4.78, 5) is 27.0. The molecule has 1 heterocycles. The Morgan fingerprint density at radius 3 is 1.95 bits per heavy atom. The number of carbonyl (C=O) groups excluding carboxylic acids is 2. The van der Waals surface area contributed by atoms with Crippen LogP contribution >= 0.6 is 0 Å². The Bertz CT molecular complexity index is 444. The third-order valence-corrected chi connectivity index (χ3v) is 4.12. The molecule has 0 saturated carbocycles. The normalized spacial score (nSPS) is 19.7. The topological polar surface area (TPSA) is 55.8 Å². The lowest BCUT2D eigenvalue weighted by molar-refractivity contribution is -0.164. The number of carbonyl (C=O) groups is 2. The molecule has 0 spiro atoms. The largest absolute Gasteiger partial charge is 0.465 e. The van der Waals surface area contributed by atoms with Crippen LogP contribution in [0, 0.1) is 5.92 Å². The summed E-state index contributed by atoms with van der Waals surface area (Å²) in [6.45, 7) is 15.0. The minimum Gasteiger partial charge on any atom is -0.465 e. The maximum Gasteiger partial charge on any atom is 0.322 e. The Morgan fingerprint density at radius 2 is 1.59 bits per heavy atom. The summed E-state index contributed by atoms with van der Waals surface area (Å²) in [6.07, 6.45) is 0. The van der Waals surface area contributed by atoms with Gasteiger partial charge < -0.3 is 9.47 Å². The van der Waals surface area contributed by atoms with Crippen molar-refractivity contribution in [2.45, 2.75) is 60.0 Å². The molecular formula is C17H29NO4. The molecule has 0 N–H and O–H groups in total. The third kappa shape index (κ3) is 3.88. The fourth-order valence-corrected chi connectivity index (χ4v) is 2.87. The number of nitrogens with zero attached hydrogens (tertiary/aromatic N) is 1. The van der Waals surface area contributed by atoms with E-state index in [-0.39, 0.29) is 24.8 Å². The summed E-state index contributed by atoms with van der Waals surface area (Å²) >= 11 is 0. The molecule has 0 aliphatic carbocycles. The molecule has 1 atom stereocenters. The first-order valence-electron chi connectivity index (χ1n) is 7.91. The van der Waals surface area contributed by atoms with Gasteiger partial charge in [0.1, 0.15) is 0 Å². The van der Waals surface area contributed by atoms with Gasteiger partial charge in [-0.3, -0.25) is 14.5 Å². The minimum atomic E-state index is -0.934. The van der Waals surface area contributed by atoms with E-state index >= 15 is 0 Å².